The van der Waals surface area contributed by atoms with Gasteiger partial charge >= 0.3 is 0 Å². The zero-order chi connectivity index (χ0) is 9.54. The van der Waals surface area contributed by atoms with Crippen molar-refractivity contribution in [2.75, 3.05) is 13.2 Å². The Morgan fingerprint density at radius 2 is 1.86 bits per heavy atom. The van der Waals surface area contributed by atoms with E-state index in [2.05, 4.69) is 15.9 Å². The summed E-state index contributed by atoms with van der Waals surface area (Å²) in [6.45, 7) is 1.56. The minimum absolute atomic E-state index is 0.738. The van der Waals surface area contributed by atoms with Crippen molar-refractivity contribution in [1.29, 1.82) is 0 Å². The Morgan fingerprint density at radius 3 is 2.57 bits per heavy atom. The summed E-state index contributed by atoms with van der Waals surface area (Å²) >= 11 is 5.32. The Labute approximate surface area is 95.3 Å². The number of halogens is 1. The maximum absolute atomic E-state index is 5.76. The molecule has 0 spiro atoms. The van der Waals surface area contributed by atoms with Crippen molar-refractivity contribution >= 4 is 27.3 Å². The number of fused-ring (bicyclic) bond motifs is 1. The van der Waals surface area contributed by atoms with E-state index in [1.807, 2.05) is 0 Å². The van der Waals surface area contributed by atoms with Crippen LogP contribution < -0.4 is 9.47 Å². The van der Waals surface area contributed by atoms with Gasteiger partial charge in [0.1, 0.15) is 3.79 Å². The third-order valence-corrected chi connectivity index (χ3v) is 4.49. The second-order valence-corrected chi connectivity index (χ2v) is 6.09. The second kappa shape index (κ2) is 3.42. The van der Waals surface area contributed by atoms with Crippen molar-refractivity contribution in [3.05, 3.63) is 8.66 Å². The predicted molar refractivity (Wildman–Crippen MR) is 59.6 cm³/mol. The number of rotatable bonds is 1. The lowest BCUT2D eigenvalue weighted by Crippen LogP contribution is -1.98. The molecule has 1 aromatic heterocycles. The Hall–Kier alpha value is -0.220. The lowest BCUT2D eigenvalue weighted by Gasteiger charge is -2.03. The molecule has 0 radical (unpaired) electrons. The standard InChI is InChI=1S/C10H11BrO2S/c11-10-8-7(12-4-1-5-13-8)9(14-10)6-2-3-6/h6H,1-5H2. The van der Waals surface area contributed by atoms with Gasteiger partial charge in [-0.2, -0.15) is 0 Å². The molecule has 1 fully saturated rings. The normalized spacial score (nSPS) is 20.6. The van der Waals surface area contributed by atoms with Gasteiger partial charge in [-0.1, -0.05) is 0 Å². The minimum atomic E-state index is 0.738. The fourth-order valence-corrected chi connectivity index (χ4v) is 3.57. The van der Waals surface area contributed by atoms with Crippen molar-refractivity contribution in [3.8, 4) is 11.5 Å². The van der Waals surface area contributed by atoms with Crippen LogP contribution in [0.2, 0.25) is 0 Å². The van der Waals surface area contributed by atoms with Crippen LogP contribution >= 0.6 is 27.3 Å². The zero-order valence-corrected chi connectivity index (χ0v) is 10.1. The molecule has 3 rings (SSSR count). The molecule has 0 N–H and O–H groups in total. The summed E-state index contributed by atoms with van der Waals surface area (Å²) in [6.07, 6.45) is 3.60. The third kappa shape index (κ3) is 1.44. The topological polar surface area (TPSA) is 18.5 Å². The maximum Gasteiger partial charge on any atom is 0.186 e. The molecule has 2 nitrogen and oxygen atoms in total. The second-order valence-electron chi connectivity index (χ2n) is 3.72. The van der Waals surface area contributed by atoms with E-state index in [1.54, 1.807) is 11.3 Å². The first-order valence-corrected chi connectivity index (χ1v) is 6.55. The Balaban J connectivity index is 2.04. The third-order valence-electron chi connectivity index (χ3n) is 2.54. The van der Waals surface area contributed by atoms with Crippen molar-refractivity contribution < 1.29 is 9.47 Å². The van der Waals surface area contributed by atoms with Crippen LogP contribution in [0.25, 0.3) is 0 Å². The Kier molecular flexibility index (Phi) is 2.21. The van der Waals surface area contributed by atoms with Gasteiger partial charge in [-0.15, -0.1) is 11.3 Å². The molecule has 1 aliphatic carbocycles. The first kappa shape index (κ1) is 9.04. The molecule has 2 heterocycles. The first-order valence-electron chi connectivity index (χ1n) is 4.94. The molecule has 1 aliphatic heterocycles. The molecule has 0 bridgehead atoms. The fourth-order valence-electron chi connectivity index (χ4n) is 1.67. The van der Waals surface area contributed by atoms with Crippen LogP contribution in [0, 0.1) is 0 Å². The Bertz CT molecular complexity index is 357. The average Bonchev–Trinajstić information content (AvgIpc) is 2.99. The smallest absolute Gasteiger partial charge is 0.186 e. The summed E-state index contributed by atoms with van der Waals surface area (Å²) in [4.78, 5) is 1.38. The van der Waals surface area contributed by atoms with Gasteiger partial charge in [0.2, 0.25) is 0 Å². The van der Waals surface area contributed by atoms with Crippen molar-refractivity contribution in [3.63, 3.8) is 0 Å². The van der Waals surface area contributed by atoms with E-state index in [9.17, 15) is 0 Å². The van der Waals surface area contributed by atoms with Crippen LogP contribution in [0.15, 0.2) is 3.79 Å². The lowest BCUT2D eigenvalue weighted by molar-refractivity contribution is 0.295. The predicted octanol–water partition coefficient (Wildman–Crippen LogP) is 3.55. The quantitative estimate of drug-likeness (QED) is 0.780. The summed E-state index contributed by atoms with van der Waals surface area (Å²) in [5.74, 6) is 2.69. The van der Waals surface area contributed by atoms with E-state index in [0.29, 0.717) is 0 Å². The highest BCUT2D eigenvalue weighted by molar-refractivity contribution is 9.11. The van der Waals surface area contributed by atoms with E-state index >= 15 is 0 Å². The minimum Gasteiger partial charge on any atom is -0.488 e. The van der Waals surface area contributed by atoms with E-state index in [-0.39, 0.29) is 0 Å². The largest absolute Gasteiger partial charge is 0.488 e. The number of hydrogen-bond acceptors (Lipinski definition) is 3. The molecule has 0 saturated heterocycles. The number of thiophene rings is 1. The maximum atomic E-state index is 5.76. The van der Waals surface area contributed by atoms with E-state index < -0.39 is 0 Å². The van der Waals surface area contributed by atoms with Gasteiger partial charge in [0.15, 0.2) is 11.5 Å². The summed E-state index contributed by atoms with van der Waals surface area (Å²) in [5, 5.41) is 0. The number of ether oxygens (including phenoxy) is 2. The molecular formula is C10H11BrO2S. The Morgan fingerprint density at radius 1 is 1.14 bits per heavy atom. The summed E-state index contributed by atoms with van der Waals surface area (Å²) < 4.78 is 12.5. The molecule has 4 heteroatoms. The zero-order valence-electron chi connectivity index (χ0n) is 7.72. The average molecular weight is 275 g/mol. The molecule has 0 unspecified atom stereocenters. The van der Waals surface area contributed by atoms with E-state index in [1.165, 1.54) is 17.7 Å². The molecule has 76 valence electrons. The van der Waals surface area contributed by atoms with Gasteiger partial charge in [0.25, 0.3) is 0 Å². The molecule has 14 heavy (non-hydrogen) atoms. The van der Waals surface area contributed by atoms with Gasteiger partial charge in [-0.3, -0.25) is 0 Å². The monoisotopic (exact) mass is 274 g/mol. The van der Waals surface area contributed by atoms with E-state index in [0.717, 1.165) is 40.8 Å². The molecule has 0 amide bonds. The first-order chi connectivity index (χ1) is 6.86. The highest BCUT2D eigenvalue weighted by atomic mass is 79.9. The van der Waals surface area contributed by atoms with Gasteiger partial charge in [-0.25, -0.2) is 0 Å². The molecule has 0 atom stereocenters. The molecule has 0 aromatic carbocycles. The number of hydrogen-bond donors (Lipinski definition) is 0. The van der Waals surface area contributed by atoms with Crippen LogP contribution in [-0.2, 0) is 0 Å². The van der Waals surface area contributed by atoms with Crippen LogP contribution in [-0.4, -0.2) is 13.2 Å². The molecule has 1 saturated carbocycles. The van der Waals surface area contributed by atoms with Crippen molar-refractivity contribution in [1.82, 2.24) is 0 Å². The summed E-state index contributed by atoms with van der Waals surface area (Å²) in [5.41, 5.74) is 0. The SMILES string of the molecule is Brc1sc(C2CC2)c2c1OCCCO2. The van der Waals surface area contributed by atoms with Gasteiger partial charge in [0.05, 0.1) is 18.1 Å². The lowest BCUT2D eigenvalue weighted by atomic mass is 10.3. The van der Waals surface area contributed by atoms with Crippen molar-refractivity contribution in [2.45, 2.75) is 25.2 Å². The van der Waals surface area contributed by atoms with Crippen molar-refractivity contribution in [2.24, 2.45) is 0 Å². The van der Waals surface area contributed by atoms with Gasteiger partial charge < -0.3 is 9.47 Å². The highest BCUT2D eigenvalue weighted by Crippen LogP contribution is 2.55. The highest BCUT2D eigenvalue weighted by Gasteiger charge is 2.33. The summed E-state index contributed by atoms with van der Waals surface area (Å²) in [6, 6.07) is 0. The van der Waals surface area contributed by atoms with Crippen LogP contribution in [0.1, 0.15) is 30.1 Å². The van der Waals surface area contributed by atoms with Crippen LogP contribution in [0.3, 0.4) is 0 Å². The molecule has 1 aromatic rings. The molecular weight excluding hydrogens is 264 g/mol. The fraction of sp³-hybridized carbons (Fsp3) is 0.600. The molecule has 2 aliphatic rings. The summed E-state index contributed by atoms with van der Waals surface area (Å²) in [7, 11) is 0. The van der Waals surface area contributed by atoms with Gasteiger partial charge in [0, 0.05) is 6.42 Å². The van der Waals surface area contributed by atoms with Crippen LogP contribution in [0.5, 0.6) is 11.5 Å². The van der Waals surface area contributed by atoms with Crippen LogP contribution in [0.4, 0.5) is 0 Å². The van der Waals surface area contributed by atoms with E-state index in [4.69, 9.17) is 9.47 Å². The van der Waals surface area contributed by atoms with Gasteiger partial charge in [-0.05, 0) is 34.7 Å².